The van der Waals surface area contributed by atoms with Crippen LogP contribution >= 0.6 is 0 Å². The van der Waals surface area contributed by atoms with Crippen molar-refractivity contribution in [3.63, 3.8) is 0 Å². The number of hydrogen-bond donors (Lipinski definition) is 2. The molecule has 6 nitrogen and oxygen atoms in total. The number of sulfonamides is 1. The second kappa shape index (κ2) is 10.9. The molecule has 35 heavy (non-hydrogen) atoms. The van der Waals surface area contributed by atoms with Gasteiger partial charge in [-0.05, 0) is 41.0 Å². The fourth-order valence-corrected chi connectivity index (χ4v) is 4.55. The number of para-hydroxylation sites is 1. The molecule has 0 fully saturated rings. The Hall–Kier alpha value is -4.01. The van der Waals surface area contributed by atoms with Crippen molar-refractivity contribution in [3.05, 3.63) is 120 Å². The molecule has 0 saturated carbocycles. The van der Waals surface area contributed by atoms with Crippen LogP contribution in [0.1, 0.15) is 11.1 Å². The minimum atomic E-state index is -3.93. The van der Waals surface area contributed by atoms with Crippen molar-refractivity contribution in [1.29, 1.82) is 0 Å². The van der Waals surface area contributed by atoms with Crippen LogP contribution in [-0.4, -0.2) is 14.5 Å². The quantitative estimate of drug-likeness (QED) is 0.353. The lowest BCUT2D eigenvalue weighted by Gasteiger charge is -2.15. The molecule has 0 atom stereocenters. The van der Waals surface area contributed by atoms with Crippen molar-refractivity contribution in [3.8, 4) is 16.9 Å². The normalized spacial score (nSPS) is 11.1. The van der Waals surface area contributed by atoms with Crippen LogP contribution < -0.4 is 14.8 Å². The van der Waals surface area contributed by atoms with Crippen molar-refractivity contribution < 1.29 is 22.3 Å². The van der Waals surface area contributed by atoms with E-state index in [0.717, 1.165) is 11.6 Å². The number of carbonyl (C=O) groups excluding carboxylic acids is 1. The minimum absolute atomic E-state index is 0.0381. The number of hydrogen-bond acceptors (Lipinski definition) is 4. The molecule has 0 aliphatic heterocycles. The number of ether oxygens (including phenoxy) is 1. The zero-order valence-electron chi connectivity index (χ0n) is 18.6. The summed E-state index contributed by atoms with van der Waals surface area (Å²) in [5.74, 6) is -0.302. The Morgan fingerprint density at radius 3 is 2.23 bits per heavy atom. The third-order valence-electron chi connectivity index (χ3n) is 5.24. The van der Waals surface area contributed by atoms with E-state index in [9.17, 15) is 17.6 Å². The number of amides is 1. The van der Waals surface area contributed by atoms with Crippen molar-refractivity contribution in [1.82, 2.24) is 10.0 Å². The maximum Gasteiger partial charge on any atom is 0.412 e. The Morgan fingerprint density at radius 2 is 1.46 bits per heavy atom. The summed E-state index contributed by atoms with van der Waals surface area (Å²) in [7, 11) is -3.93. The van der Waals surface area contributed by atoms with Crippen molar-refractivity contribution in [2.45, 2.75) is 18.0 Å². The zero-order chi connectivity index (χ0) is 24.7. The Balaban J connectivity index is 1.52. The SMILES string of the molecule is O=C(NCc1ccccc1)Oc1ccccc1-c1ccccc1CNS(=O)(=O)c1cccc(F)c1. The molecule has 0 unspecified atom stereocenters. The molecule has 178 valence electrons. The van der Waals surface area contributed by atoms with Crippen LogP contribution in [0.4, 0.5) is 9.18 Å². The van der Waals surface area contributed by atoms with Crippen molar-refractivity contribution >= 4 is 16.1 Å². The second-order valence-electron chi connectivity index (χ2n) is 7.66. The highest BCUT2D eigenvalue weighted by Gasteiger charge is 2.17. The lowest BCUT2D eigenvalue weighted by molar-refractivity contribution is 0.200. The molecule has 4 rings (SSSR count). The van der Waals surface area contributed by atoms with Gasteiger partial charge in [-0.1, -0.05) is 78.9 Å². The second-order valence-corrected chi connectivity index (χ2v) is 9.43. The summed E-state index contributed by atoms with van der Waals surface area (Å²) in [4.78, 5) is 12.3. The predicted octanol–water partition coefficient (Wildman–Crippen LogP) is 5.26. The lowest BCUT2D eigenvalue weighted by Crippen LogP contribution is -2.26. The van der Waals surface area contributed by atoms with E-state index >= 15 is 0 Å². The van der Waals surface area contributed by atoms with Crippen LogP contribution in [0.3, 0.4) is 0 Å². The number of carbonyl (C=O) groups is 1. The Morgan fingerprint density at radius 1 is 0.771 bits per heavy atom. The predicted molar refractivity (Wildman–Crippen MR) is 132 cm³/mol. The van der Waals surface area contributed by atoms with E-state index in [1.165, 1.54) is 18.2 Å². The molecule has 0 aromatic heterocycles. The van der Waals surface area contributed by atoms with Gasteiger partial charge in [-0.2, -0.15) is 0 Å². The molecule has 4 aromatic rings. The van der Waals surface area contributed by atoms with Gasteiger partial charge >= 0.3 is 6.09 Å². The fourth-order valence-electron chi connectivity index (χ4n) is 3.51. The third-order valence-corrected chi connectivity index (χ3v) is 6.63. The minimum Gasteiger partial charge on any atom is -0.410 e. The van der Waals surface area contributed by atoms with Crippen LogP contribution in [0.5, 0.6) is 5.75 Å². The molecule has 0 saturated heterocycles. The van der Waals surface area contributed by atoms with Crippen LogP contribution in [0.25, 0.3) is 11.1 Å². The summed E-state index contributed by atoms with van der Waals surface area (Å²) in [6.07, 6.45) is -0.606. The molecular weight excluding hydrogens is 467 g/mol. The highest BCUT2D eigenvalue weighted by molar-refractivity contribution is 7.89. The number of benzene rings is 4. The molecule has 0 radical (unpaired) electrons. The molecule has 0 aliphatic carbocycles. The first-order valence-corrected chi connectivity index (χ1v) is 12.3. The van der Waals surface area contributed by atoms with Gasteiger partial charge in [0, 0.05) is 18.7 Å². The first-order valence-electron chi connectivity index (χ1n) is 10.8. The third kappa shape index (κ3) is 6.32. The topological polar surface area (TPSA) is 84.5 Å². The number of halogens is 1. The summed E-state index contributed by atoms with van der Waals surface area (Å²) in [6, 6.07) is 28.5. The Bertz CT molecular complexity index is 1430. The van der Waals surface area contributed by atoms with Crippen LogP contribution in [0, 0.1) is 5.82 Å². The molecule has 2 N–H and O–H groups in total. The average molecular weight is 491 g/mol. The van der Waals surface area contributed by atoms with E-state index in [0.29, 0.717) is 29.0 Å². The highest BCUT2D eigenvalue weighted by atomic mass is 32.2. The van der Waals surface area contributed by atoms with E-state index in [1.807, 2.05) is 42.5 Å². The van der Waals surface area contributed by atoms with Gasteiger partial charge in [0.2, 0.25) is 10.0 Å². The molecular formula is C27H23FN2O4S. The molecule has 4 aromatic carbocycles. The van der Waals surface area contributed by atoms with Gasteiger partial charge in [0.25, 0.3) is 0 Å². The Labute approximate surface area is 203 Å². The molecule has 0 spiro atoms. The molecule has 8 heteroatoms. The molecule has 0 aliphatic rings. The van der Waals surface area contributed by atoms with Gasteiger partial charge in [-0.25, -0.2) is 22.3 Å². The van der Waals surface area contributed by atoms with Crippen molar-refractivity contribution in [2.24, 2.45) is 0 Å². The summed E-state index contributed by atoms with van der Waals surface area (Å²) in [5.41, 5.74) is 2.92. The highest BCUT2D eigenvalue weighted by Crippen LogP contribution is 2.32. The summed E-state index contributed by atoms with van der Waals surface area (Å²) in [5, 5.41) is 2.73. The first-order chi connectivity index (χ1) is 16.9. The standard InChI is InChI=1S/C27H23FN2O4S/c28-22-12-8-13-23(17-22)35(32,33)30-19-21-11-4-5-14-24(21)25-15-6-7-16-26(25)34-27(31)29-18-20-9-2-1-3-10-20/h1-17,30H,18-19H2,(H,29,31). The van der Waals surface area contributed by atoms with E-state index in [4.69, 9.17) is 4.74 Å². The average Bonchev–Trinajstić information content (AvgIpc) is 2.87. The maximum atomic E-state index is 13.5. The van der Waals surface area contributed by atoms with E-state index in [1.54, 1.807) is 36.4 Å². The Kier molecular flexibility index (Phi) is 7.54. The molecule has 0 heterocycles. The van der Waals surface area contributed by atoms with E-state index in [2.05, 4.69) is 10.0 Å². The van der Waals surface area contributed by atoms with Crippen LogP contribution in [-0.2, 0) is 23.1 Å². The van der Waals surface area contributed by atoms with Crippen LogP contribution in [0.15, 0.2) is 108 Å². The van der Waals surface area contributed by atoms with Gasteiger partial charge in [0.15, 0.2) is 0 Å². The molecule has 1 amide bonds. The monoisotopic (exact) mass is 490 g/mol. The van der Waals surface area contributed by atoms with Gasteiger partial charge in [-0.15, -0.1) is 0 Å². The number of nitrogens with one attached hydrogen (secondary N) is 2. The van der Waals surface area contributed by atoms with Gasteiger partial charge < -0.3 is 10.1 Å². The van der Waals surface area contributed by atoms with Gasteiger partial charge in [0.05, 0.1) is 4.90 Å². The summed E-state index contributed by atoms with van der Waals surface area (Å²) in [6.45, 7) is 0.282. The maximum absolute atomic E-state index is 13.5. The molecule has 0 bridgehead atoms. The van der Waals surface area contributed by atoms with E-state index < -0.39 is 21.9 Å². The lowest BCUT2D eigenvalue weighted by atomic mass is 9.99. The largest absolute Gasteiger partial charge is 0.412 e. The van der Waals surface area contributed by atoms with Crippen LogP contribution in [0.2, 0.25) is 0 Å². The number of rotatable bonds is 8. The zero-order valence-corrected chi connectivity index (χ0v) is 19.5. The van der Waals surface area contributed by atoms with Gasteiger partial charge in [0.1, 0.15) is 11.6 Å². The summed E-state index contributed by atoms with van der Waals surface area (Å²) < 4.78 is 46.9. The fraction of sp³-hybridized carbons (Fsp3) is 0.0741. The first kappa shape index (κ1) is 24.1. The van der Waals surface area contributed by atoms with Gasteiger partial charge in [-0.3, -0.25) is 0 Å². The summed E-state index contributed by atoms with van der Waals surface area (Å²) >= 11 is 0. The van der Waals surface area contributed by atoms with Crippen molar-refractivity contribution in [2.75, 3.05) is 0 Å². The smallest absolute Gasteiger partial charge is 0.410 e. The van der Waals surface area contributed by atoms with E-state index in [-0.39, 0.29) is 11.4 Å².